The van der Waals surface area contributed by atoms with E-state index in [2.05, 4.69) is 21.2 Å². The number of carbonyl (C=O) groups is 2. The molecule has 1 amide bonds. The van der Waals surface area contributed by atoms with Crippen LogP contribution in [0, 0.1) is 18.3 Å². The van der Waals surface area contributed by atoms with Crippen LogP contribution in [0.4, 0.5) is 5.00 Å². The molecule has 0 unspecified atom stereocenters. The topological polar surface area (TPSA) is 88.4 Å². The molecule has 8 heteroatoms. The smallest absolute Gasteiger partial charge is 0.348 e. The number of nitrogens with one attached hydrogen (secondary N) is 1. The number of hydrogen-bond donors (Lipinski definition) is 1. The number of halogens is 1. The van der Waals surface area contributed by atoms with Crippen LogP contribution in [0.3, 0.4) is 0 Å². The maximum atomic E-state index is 12.1. The highest BCUT2D eigenvalue weighted by Crippen LogP contribution is 2.33. The van der Waals surface area contributed by atoms with Crippen molar-refractivity contribution < 1.29 is 19.1 Å². The highest BCUT2D eigenvalue weighted by Gasteiger charge is 2.22. The Hall–Kier alpha value is -2.37. The lowest BCUT2D eigenvalue weighted by molar-refractivity contribution is -0.118. The SMILES string of the molecule is CCOC(=O)c1sc(NC(=O)COc2ccc(Br)cc2)c(C#N)c1C. The summed E-state index contributed by atoms with van der Waals surface area (Å²) in [7, 11) is 0. The minimum Gasteiger partial charge on any atom is -0.484 e. The Kier molecular flexibility index (Phi) is 6.56. The fourth-order valence-electron chi connectivity index (χ4n) is 1.97. The Morgan fingerprint density at radius 1 is 1.32 bits per heavy atom. The van der Waals surface area contributed by atoms with Crippen LogP contribution < -0.4 is 10.1 Å². The average Bonchev–Trinajstić information content (AvgIpc) is 2.90. The van der Waals surface area contributed by atoms with Gasteiger partial charge in [-0.25, -0.2) is 4.79 Å². The Morgan fingerprint density at radius 2 is 2.00 bits per heavy atom. The average molecular weight is 423 g/mol. The normalized spacial score (nSPS) is 10.0. The maximum absolute atomic E-state index is 12.1. The van der Waals surface area contributed by atoms with E-state index in [0.29, 0.717) is 21.2 Å². The number of esters is 1. The number of nitrogens with zero attached hydrogens (tertiary/aromatic N) is 1. The van der Waals surface area contributed by atoms with E-state index >= 15 is 0 Å². The van der Waals surface area contributed by atoms with E-state index in [4.69, 9.17) is 9.47 Å². The van der Waals surface area contributed by atoms with Crippen LogP contribution in [0.25, 0.3) is 0 Å². The van der Waals surface area contributed by atoms with Gasteiger partial charge in [0.1, 0.15) is 21.7 Å². The van der Waals surface area contributed by atoms with Gasteiger partial charge in [-0.05, 0) is 43.7 Å². The summed E-state index contributed by atoms with van der Waals surface area (Å²) in [5, 5.41) is 12.2. The molecular formula is C17H15BrN2O4S. The van der Waals surface area contributed by atoms with Gasteiger partial charge in [-0.15, -0.1) is 11.3 Å². The second-order valence-corrected chi connectivity index (χ2v) is 6.82. The summed E-state index contributed by atoms with van der Waals surface area (Å²) in [6, 6.07) is 9.07. The Bertz CT molecular complexity index is 824. The minimum atomic E-state index is -0.506. The molecule has 6 nitrogen and oxygen atoms in total. The molecule has 0 aliphatic rings. The highest BCUT2D eigenvalue weighted by atomic mass is 79.9. The lowest BCUT2D eigenvalue weighted by Crippen LogP contribution is -2.20. The first-order valence-corrected chi connectivity index (χ1v) is 8.96. The van der Waals surface area contributed by atoms with E-state index in [1.165, 1.54) is 0 Å². The molecule has 0 atom stereocenters. The van der Waals surface area contributed by atoms with Gasteiger partial charge in [-0.1, -0.05) is 15.9 Å². The second-order valence-electron chi connectivity index (χ2n) is 4.88. The monoisotopic (exact) mass is 422 g/mol. The second kappa shape index (κ2) is 8.65. The molecule has 2 aromatic rings. The molecule has 0 aliphatic carbocycles. The summed E-state index contributed by atoms with van der Waals surface area (Å²) in [6.45, 7) is 3.38. The first-order valence-electron chi connectivity index (χ1n) is 7.35. The summed E-state index contributed by atoms with van der Waals surface area (Å²) < 4.78 is 11.3. The van der Waals surface area contributed by atoms with Gasteiger partial charge in [0.15, 0.2) is 6.61 Å². The van der Waals surface area contributed by atoms with Crippen molar-refractivity contribution >= 4 is 44.1 Å². The van der Waals surface area contributed by atoms with Crippen molar-refractivity contribution in [2.75, 3.05) is 18.5 Å². The van der Waals surface area contributed by atoms with Gasteiger partial charge < -0.3 is 14.8 Å². The number of amides is 1. The van der Waals surface area contributed by atoms with Gasteiger partial charge in [-0.2, -0.15) is 5.26 Å². The number of anilines is 1. The van der Waals surface area contributed by atoms with Gasteiger partial charge >= 0.3 is 5.97 Å². The van der Waals surface area contributed by atoms with Crippen molar-refractivity contribution in [3.63, 3.8) is 0 Å². The van der Waals surface area contributed by atoms with Gasteiger partial charge in [0.2, 0.25) is 0 Å². The van der Waals surface area contributed by atoms with Gasteiger partial charge in [0.05, 0.1) is 12.2 Å². The third-order valence-electron chi connectivity index (χ3n) is 3.16. The zero-order valence-corrected chi connectivity index (χ0v) is 16.0. The molecule has 0 radical (unpaired) electrons. The van der Waals surface area contributed by atoms with Crippen molar-refractivity contribution in [1.82, 2.24) is 0 Å². The molecule has 130 valence electrons. The third-order valence-corrected chi connectivity index (χ3v) is 4.87. The Morgan fingerprint density at radius 3 is 2.60 bits per heavy atom. The molecule has 0 aliphatic heterocycles. The number of carbonyl (C=O) groups excluding carboxylic acids is 2. The summed E-state index contributed by atoms with van der Waals surface area (Å²) in [5.41, 5.74) is 0.750. The van der Waals surface area contributed by atoms with Crippen LogP contribution in [-0.2, 0) is 9.53 Å². The summed E-state index contributed by atoms with van der Waals surface area (Å²) in [6.07, 6.45) is 0. The predicted octanol–water partition coefficient (Wildman–Crippen LogP) is 3.88. The fourth-order valence-corrected chi connectivity index (χ4v) is 3.30. The van der Waals surface area contributed by atoms with Crippen LogP contribution in [0.15, 0.2) is 28.7 Å². The number of rotatable bonds is 6. The van der Waals surface area contributed by atoms with Crippen molar-refractivity contribution in [1.29, 1.82) is 5.26 Å². The molecule has 25 heavy (non-hydrogen) atoms. The van der Waals surface area contributed by atoms with Gasteiger partial charge in [0.25, 0.3) is 5.91 Å². The van der Waals surface area contributed by atoms with E-state index in [1.54, 1.807) is 38.1 Å². The van der Waals surface area contributed by atoms with Crippen LogP contribution in [0.5, 0.6) is 5.75 Å². The lowest BCUT2D eigenvalue weighted by atomic mass is 10.2. The standard InChI is InChI=1S/C17H15BrN2O4S/c1-3-23-17(22)15-10(2)13(8-19)16(25-15)20-14(21)9-24-12-6-4-11(18)5-7-12/h4-7H,3,9H2,1-2H3,(H,20,21). The van der Waals surface area contributed by atoms with Crippen molar-refractivity contribution in [3.05, 3.63) is 44.7 Å². The number of benzene rings is 1. The molecule has 0 fully saturated rings. The molecular weight excluding hydrogens is 408 g/mol. The summed E-state index contributed by atoms with van der Waals surface area (Å²) >= 11 is 4.34. The molecule has 2 rings (SSSR count). The number of nitriles is 1. The highest BCUT2D eigenvalue weighted by molar-refractivity contribution is 9.10. The molecule has 0 saturated carbocycles. The third kappa shape index (κ3) is 4.81. The van der Waals surface area contributed by atoms with Crippen LogP contribution in [0.2, 0.25) is 0 Å². The largest absolute Gasteiger partial charge is 0.484 e. The number of thiophene rings is 1. The van der Waals surface area contributed by atoms with E-state index in [9.17, 15) is 14.9 Å². The van der Waals surface area contributed by atoms with Crippen LogP contribution >= 0.6 is 27.3 Å². The zero-order chi connectivity index (χ0) is 18.4. The molecule has 1 aromatic heterocycles. The quantitative estimate of drug-likeness (QED) is 0.713. The lowest BCUT2D eigenvalue weighted by Gasteiger charge is -2.06. The maximum Gasteiger partial charge on any atom is 0.348 e. The van der Waals surface area contributed by atoms with E-state index in [-0.39, 0.29) is 18.8 Å². The molecule has 1 aromatic carbocycles. The minimum absolute atomic E-state index is 0.210. The van der Waals surface area contributed by atoms with Crippen LogP contribution in [0.1, 0.15) is 27.7 Å². The summed E-state index contributed by atoms with van der Waals surface area (Å²) in [4.78, 5) is 24.3. The van der Waals surface area contributed by atoms with Crippen molar-refractivity contribution in [3.8, 4) is 11.8 Å². The molecule has 0 spiro atoms. The molecule has 0 saturated heterocycles. The fraction of sp³-hybridized carbons (Fsp3) is 0.235. The number of ether oxygens (including phenoxy) is 2. The molecule has 0 bridgehead atoms. The zero-order valence-electron chi connectivity index (χ0n) is 13.6. The van der Waals surface area contributed by atoms with Gasteiger partial charge in [-0.3, -0.25) is 4.79 Å². The van der Waals surface area contributed by atoms with E-state index < -0.39 is 11.9 Å². The van der Waals surface area contributed by atoms with Crippen molar-refractivity contribution in [2.45, 2.75) is 13.8 Å². The molecule has 1 heterocycles. The molecule has 1 N–H and O–H groups in total. The Balaban J connectivity index is 2.07. The van der Waals surface area contributed by atoms with Crippen LogP contribution in [-0.4, -0.2) is 25.1 Å². The first-order chi connectivity index (χ1) is 12.0. The predicted molar refractivity (Wildman–Crippen MR) is 98.0 cm³/mol. The first kappa shape index (κ1) is 19.0. The number of hydrogen-bond acceptors (Lipinski definition) is 6. The van der Waals surface area contributed by atoms with E-state index in [0.717, 1.165) is 15.8 Å². The van der Waals surface area contributed by atoms with Crippen molar-refractivity contribution in [2.24, 2.45) is 0 Å². The summed E-state index contributed by atoms with van der Waals surface area (Å²) in [5.74, 6) is -0.377. The van der Waals surface area contributed by atoms with E-state index in [1.807, 2.05) is 6.07 Å². The Labute approximate surface area is 157 Å². The van der Waals surface area contributed by atoms with Gasteiger partial charge in [0, 0.05) is 4.47 Å².